The van der Waals surface area contributed by atoms with Gasteiger partial charge in [0.1, 0.15) is 0 Å². The molecule has 2 nitrogen and oxygen atoms in total. The molecule has 0 saturated carbocycles. The van der Waals surface area contributed by atoms with Gasteiger partial charge < -0.3 is 5.32 Å². The molecule has 1 aromatic heterocycles. The van der Waals surface area contributed by atoms with Crippen LogP contribution in [0.1, 0.15) is 36.2 Å². The maximum atomic E-state index is 4.68. The molecule has 2 aromatic rings. The van der Waals surface area contributed by atoms with Gasteiger partial charge in [0.2, 0.25) is 0 Å². The molecule has 90 valence electrons. The van der Waals surface area contributed by atoms with Gasteiger partial charge in [0, 0.05) is 17.8 Å². The van der Waals surface area contributed by atoms with Gasteiger partial charge in [-0.25, -0.2) is 4.98 Å². The molecule has 0 bridgehead atoms. The van der Waals surface area contributed by atoms with Crippen molar-refractivity contribution in [1.29, 1.82) is 0 Å². The summed E-state index contributed by atoms with van der Waals surface area (Å²) in [5.41, 5.74) is 2.48. The summed E-state index contributed by atoms with van der Waals surface area (Å²) in [6.45, 7) is 5.26. The Labute approximate surface area is 107 Å². The second-order valence-corrected chi connectivity index (χ2v) is 5.05. The van der Waals surface area contributed by atoms with Crippen LogP contribution < -0.4 is 5.32 Å². The zero-order chi connectivity index (χ0) is 12.1. The van der Waals surface area contributed by atoms with Crippen molar-refractivity contribution in [2.75, 3.05) is 6.54 Å². The highest BCUT2D eigenvalue weighted by molar-refractivity contribution is 7.09. The second-order valence-electron chi connectivity index (χ2n) is 4.11. The fourth-order valence-electron chi connectivity index (χ4n) is 1.79. The molecule has 1 heterocycles. The molecule has 1 unspecified atom stereocenters. The van der Waals surface area contributed by atoms with Gasteiger partial charge in [-0.05, 0) is 19.0 Å². The van der Waals surface area contributed by atoms with Crippen molar-refractivity contribution in [3.8, 4) is 0 Å². The highest BCUT2D eigenvalue weighted by atomic mass is 32.1. The monoisotopic (exact) mass is 246 g/mol. The molecule has 3 heteroatoms. The van der Waals surface area contributed by atoms with E-state index < -0.39 is 0 Å². The van der Waals surface area contributed by atoms with Gasteiger partial charge in [-0.1, -0.05) is 37.3 Å². The lowest BCUT2D eigenvalue weighted by molar-refractivity contribution is 0.585. The van der Waals surface area contributed by atoms with E-state index in [4.69, 9.17) is 0 Å². The molecule has 0 fully saturated rings. The van der Waals surface area contributed by atoms with Gasteiger partial charge in [0.25, 0.3) is 0 Å². The quantitative estimate of drug-likeness (QED) is 0.874. The summed E-state index contributed by atoms with van der Waals surface area (Å²) in [6.07, 6.45) is 0.935. The summed E-state index contributed by atoms with van der Waals surface area (Å²) >= 11 is 1.75. The van der Waals surface area contributed by atoms with Crippen LogP contribution >= 0.6 is 11.3 Å². The van der Waals surface area contributed by atoms with E-state index in [2.05, 4.69) is 53.8 Å². The predicted octanol–water partition coefficient (Wildman–Crippen LogP) is 3.40. The van der Waals surface area contributed by atoms with E-state index in [0.717, 1.165) is 18.7 Å². The molecule has 2 rings (SSSR count). The lowest BCUT2D eigenvalue weighted by Gasteiger charge is -2.08. The van der Waals surface area contributed by atoms with E-state index in [9.17, 15) is 0 Å². The van der Waals surface area contributed by atoms with Crippen molar-refractivity contribution >= 4 is 11.3 Å². The highest BCUT2D eigenvalue weighted by Gasteiger charge is 2.08. The van der Waals surface area contributed by atoms with E-state index in [0.29, 0.717) is 6.04 Å². The Balaban J connectivity index is 2.04. The van der Waals surface area contributed by atoms with Crippen molar-refractivity contribution < 1.29 is 0 Å². The van der Waals surface area contributed by atoms with Crippen LogP contribution in [0.4, 0.5) is 0 Å². The minimum Gasteiger partial charge on any atom is -0.309 e. The molecule has 0 amide bonds. The first-order valence-electron chi connectivity index (χ1n) is 6.01. The summed E-state index contributed by atoms with van der Waals surface area (Å²) < 4.78 is 0. The average molecular weight is 246 g/mol. The van der Waals surface area contributed by atoms with Crippen molar-refractivity contribution in [3.05, 3.63) is 52.0 Å². The average Bonchev–Trinajstić information content (AvgIpc) is 2.79. The molecule has 17 heavy (non-hydrogen) atoms. The number of thiazole rings is 1. The van der Waals surface area contributed by atoms with Gasteiger partial charge in [0.05, 0.1) is 10.7 Å². The summed E-state index contributed by atoms with van der Waals surface area (Å²) in [5, 5.41) is 6.73. The maximum absolute atomic E-state index is 4.68. The number of nitrogens with zero attached hydrogens (tertiary/aromatic N) is 1. The number of hydrogen-bond donors (Lipinski definition) is 1. The highest BCUT2D eigenvalue weighted by Crippen LogP contribution is 2.19. The summed E-state index contributed by atoms with van der Waals surface area (Å²) in [4.78, 5) is 4.68. The standard InChI is InChI=1S/C14H18N2S/c1-3-15-11(2)13-10-17-14(16-13)9-12-7-5-4-6-8-12/h4-8,10-11,15H,3,9H2,1-2H3. The number of rotatable bonds is 5. The van der Waals surface area contributed by atoms with Crippen LogP contribution in [0.15, 0.2) is 35.7 Å². The van der Waals surface area contributed by atoms with Gasteiger partial charge in [-0.2, -0.15) is 0 Å². The van der Waals surface area contributed by atoms with Gasteiger partial charge >= 0.3 is 0 Å². The first kappa shape index (κ1) is 12.3. The van der Waals surface area contributed by atoms with Crippen LogP contribution in [0.25, 0.3) is 0 Å². The zero-order valence-corrected chi connectivity index (χ0v) is 11.1. The Morgan fingerprint density at radius 3 is 2.76 bits per heavy atom. The minimum absolute atomic E-state index is 0.348. The molecule has 1 aromatic carbocycles. The fourth-order valence-corrected chi connectivity index (χ4v) is 2.71. The molecule has 0 spiro atoms. The first-order valence-corrected chi connectivity index (χ1v) is 6.89. The van der Waals surface area contributed by atoms with Crippen LogP contribution in [0, 0.1) is 0 Å². The van der Waals surface area contributed by atoms with Crippen molar-refractivity contribution in [3.63, 3.8) is 0 Å². The molecule has 0 aliphatic carbocycles. The Morgan fingerprint density at radius 2 is 2.06 bits per heavy atom. The van der Waals surface area contributed by atoms with Crippen molar-refractivity contribution in [2.24, 2.45) is 0 Å². The van der Waals surface area contributed by atoms with E-state index in [1.807, 2.05) is 6.07 Å². The molecule has 0 saturated heterocycles. The van der Waals surface area contributed by atoms with Crippen LogP contribution in [0.5, 0.6) is 0 Å². The van der Waals surface area contributed by atoms with E-state index in [-0.39, 0.29) is 0 Å². The number of hydrogen-bond acceptors (Lipinski definition) is 3. The number of nitrogens with one attached hydrogen (secondary N) is 1. The molecule has 0 radical (unpaired) electrons. The lowest BCUT2D eigenvalue weighted by atomic mass is 10.2. The summed E-state index contributed by atoms with van der Waals surface area (Å²) in [6, 6.07) is 10.8. The fraction of sp³-hybridized carbons (Fsp3) is 0.357. The zero-order valence-electron chi connectivity index (χ0n) is 10.3. The normalized spacial score (nSPS) is 12.6. The first-order chi connectivity index (χ1) is 8.29. The summed E-state index contributed by atoms with van der Waals surface area (Å²) in [7, 11) is 0. The molecular weight excluding hydrogens is 228 g/mol. The third-order valence-corrected chi connectivity index (χ3v) is 3.59. The predicted molar refractivity (Wildman–Crippen MR) is 73.5 cm³/mol. The maximum Gasteiger partial charge on any atom is 0.0972 e. The SMILES string of the molecule is CCNC(C)c1csc(Cc2ccccc2)n1. The third kappa shape index (κ3) is 3.38. The van der Waals surface area contributed by atoms with Crippen LogP contribution in [0.3, 0.4) is 0 Å². The molecule has 0 aliphatic heterocycles. The largest absolute Gasteiger partial charge is 0.309 e. The number of aromatic nitrogens is 1. The number of benzene rings is 1. The van der Waals surface area contributed by atoms with Crippen LogP contribution in [0.2, 0.25) is 0 Å². The van der Waals surface area contributed by atoms with Crippen LogP contribution in [-0.4, -0.2) is 11.5 Å². The lowest BCUT2D eigenvalue weighted by Crippen LogP contribution is -2.17. The Hall–Kier alpha value is -1.19. The second kappa shape index (κ2) is 5.94. The van der Waals surface area contributed by atoms with Crippen molar-refractivity contribution in [2.45, 2.75) is 26.3 Å². The molecule has 0 aliphatic rings. The Morgan fingerprint density at radius 1 is 1.29 bits per heavy atom. The minimum atomic E-state index is 0.348. The molecular formula is C14H18N2S. The van der Waals surface area contributed by atoms with E-state index in [1.165, 1.54) is 10.6 Å². The van der Waals surface area contributed by atoms with Gasteiger partial charge in [0.15, 0.2) is 0 Å². The van der Waals surface area contributed by atoms with Crippen LogP contribution in [-0.2, 0) is 6.42 Å². The molecule has 1 atom stereocenters. The Kier molecular flexibility index (Phi) is 4.29. The molecule has 1 N–H and O–H groups in total. The van der Waals surface area contributed by atoms with Crippen molar-refractivity contribution in [1.82, 2.24) is 10.3 Å². The van der Waals surface area contributed by atoms with Gasteiger partial charge in [-0.15, -0.1) is 11.3 Å². The topological polar surface area (TPSA) is 24.9 Å². The van der Waals surface area contributed by atoms with E-state index in [1.54, 1.807) is 11.3 Å². The van der Waals surface area contributed by atoms with Gasteiger partial charge in [-0.3, -0.25) is 0 Å². The van der Waals surface area contributed by atoms with E-state index >= 15 is 0 Å². The summed E-state index contributed by atoms with van der Waals surface area (Å²) in [5.74, 6) is 0. The third-order valence-electron chi connectivity index (χ3n) is 2.72. The Bertz CT molecular complexity index is 450. The smallest absolute Gasteiger partial charge is 0.0972 e.